The van der Waals surface area contributed by atoms with Crippen molar-refractivity contribution in [3.8, 4) is 0 Å². The third-order valence-electron chi connectivity index (χ3n) is 6.21. The summed E-state index contributed by atoms with van der Waals surface area (Å²) in [7, 11) is 0. The van der Waals surface area contributed by atoms with Gasteiger partial charge in [-0.3, -0.25) is 4.79 Å². The normalized spacial score (nSPS) is 16.5. The van der Waals surface area contributed by atoms with Gasteiger partial charge in [-0.1, -0.05) is 53.7 Å². The monoisotopic (exact) mass is 441 g/mol. The Morgan fingerprint density at radius 2 is 1.74 bits per heavy atom. The Morgan fingerprint density at radius 1 is 1.10 bits per heavy atom. The minimum absolute atomic E-state index is 0.0302. The van der Waals surface area contributed by atoms with E-state index in [-0.39, 0.29) is 22.7 Å². The van der Waals surface area contributed by atoms with Crippen LogP contribution in [0.3, 0.4) is 0 Å². The Morgan fingerprint density at radius 3 is 2.29 bits per heavy atom. The van der Waals surface area contributed by atoms with Crippen LogP contribution in [0.5, 0.6) is 0 Å². The van der Waals surface area contributed by atoms with Gasteiger partial charge in [-0.15, -0.1) is 11.3 Å². The lowest BCUT2D eigenvalue weighted by atomic mass is 9.72. The second-order valence-electron chi connectivity index (χ2n) is 10.5. The molecule has 1 unspecified atom stereocenters. The Bertz CT molecular complexity index is 958. The Balaban J connectivity index is 1.90. The molecular weight excluding hydrogens is 406 g/mol. The zero-order valence-corrected chi connectivity index (χ0v) is 20.7. The van der Waals surface area contributed by atoms with E-state index in [2.05, 4.69) is 46.9 Å². The molecule has 168 valence electrons. The van der Waals surface area contributed by atoms with Crippen LogP contribution in [0.1, 0.15) is 91.6 Å². The second kappa shape index (κ2) is 8.78. The first-order valence-electron chi connectivity index (χ1n) is 11.2. The first-order chi connectivity index (χ1) is 14.4. The summed E-state index contributed by atoms with van der Waals surface area (Å²) in [6.45, 7) is 15.4. The third kappa shape index (κ3) is 5.20. The molecule has 1 atom stereocenters. The largest absolute Gasteiger partial charge is 0.462 e. The molecule has 1 aliphatic rings. The fourth-order valence-electron chi connectivity index (χ4n) is 4.13. The zero-order chi connectivity index (χ0) is 23.0. The number of rotatable bonds is 4. The molecule has 0 saturated carbocycles. The van der Waals surface area contributed by atoms with Gasteiger partial charge in [0.25, 0.3) is 5.91 Å². The van der Waals surface area contributed by atoms with Crippen LogP contribution in [0.2, 0.25) is 0 Å². The van der Waals surface area contributed by atoms with Crippen LogP contribution < -0.4 is 5.32 Å². The summed E-state index contributed by atoms with van der Waals surface area (Å²) in [6.07, 6.45) is 2.82. The number of carbonyl (C=O) groups is 2. The highest BCUT2D eigenvalue weighted by Crippen LogP contribution is 2.44. The Labute approximate surface area is 190 Å². The number of ether oxygens (including phenoxy) is 1. The van der Waals surface area contributed by atoms with Crippen molar-refractivity contribution < 1.29 is 14.3 Å². The van der Waals surface area contributed by atoms with E-state index < -0.39 is 0 Å². The van der Waals surface area contributed by atoms with Gasteiger partial charge in [0.2, 0.25) is 0 Å². The van der Waals surface area contributed by atoms with Gasteiger partial charge in [-0.05, 0) is 66.2 Å². The summed E-state index contributed by atoms with van der Waals surface area (Å²) in [5, 5.41) is 3.63. The van der Waals surface area contributed by atoms with Gasteiger partial charge >= 0.3 is 5.97 Å². The number of esters is 1. The minimum Gasteiger partial charge on any atom is -0.462 e. The molecule has 0 spiro atoms. The summed E-state index contributed by atoms with van der Waals surface area (Å²) >= 11 is 1.53. The lowest BCUT2D eigenvalue weighted by molar-refractivity contribution is 0.0526. The number of nitrogens with one attached hydrogen (secondary N) is 1. The van der Waals surface area contributed by atoms with Gasteiger partial charge in [-0.25, -0.2) is 4.79 Å². The number of benzene rings is 1. The van der Waals surface area contributed by atoms with Crippen molar-refractivity contribution in [1.29, 1.82) is 0 Å². The molecule has 4 nitrogen and oxygen atoms in total. The van der Waals surface area contributed by atoms with Crippen LogP contribution in [0.25, 0.3) is 0 Å². The number of carbonyl (C=O) groups excluding carboxylic acids is 2. The Kier molecular flexibility index (Phi) is 6.66. The SMILES string of the molecule is CCOC(=O)c1c(NC(=O)c2ccc(C(C)(C)C)cc2)sc2c1CCC(C(C)(C)C)C2. The average molecular weight is 442 g/mol. The van der Waals surface area contributed by atoms with Gasteiger partial charge < -0.3 is 10.1 Å². The number of amides is 1. The van der Waals surface area contributed by atoms with Crippen molar-refractivity contribution >= 4 is 28.2 Å². The third-order valence-corrected chi connectivity index (χ3v) is 7.38. The van der Waals surface area contributed by atoms with Crippen molar-refractivity contribution in [3.05, 3.63) is 51.4 Å². The number of thiophene rings is 1. The van der Waals surface area contributed by atoms with Crippen LogP contribution in [-0.4, -0.2) is 18.5 Å². The van der Waals surface area contributed by atoms with Gasteiger partial charge in [0.05, 0.1) is 12.2 Å². The molecule has 1 aromatic heterocycles. The number of hydrogen-bond donors (Lipinski definition) is 1. The topological polar surface area (TPSA) is 55.4 Å². The quantitative estimate of drug-likeness (QED) is 0.542. The van der Waals surface area contributed by atoms with Gasteiger partial charge in [0.1, 0.15) is 5.00 Å². The van der Waals surface area contributed by atoms with E-state index in [4.69, 9.17) is 4.74 Å². The second-order valence-corrected chi connectivity index (χ2v) is 11.6. The predicted molar refractivity (Wildman–Crippen MR) is 128 cm³/mol. The molecule has 1 amide bonds. The molecule has 31 heavy (non-hydrogen) atoms. The highest BCUT2D eigenvalue weighted by atomic mass is 32.1. The lowest BCUT2D eigenvalue weighted by Gasteiger charge is -2.33. The van der Waals surface area contributed by atoms with Gasteiger partial charge in [0, 0.05) is 10.4 Å². The van der Waals surface area contributed by atoms with E-state index in [1.165, 1.54) is 21.8 Å². The summed E-state index contributed by atoms with van der Waals surface area (Å²) in [4.78, 5) is 27.0. The number of anilines is 1. The van der Waals surface area contributed by atoms with E-state index in [9.17, 15) is 9.59 Å². The summed E-state index contributed by atoms with van der Waals surface area (Å²) in [6, 6.07) is 7.69. The minimum atomic E-state index is -0.340. The summed E-state index contributed by atoms with van der Waals surface area (Å²) in [5.41, 5.74) is 3.61. The first-order valence-corrected chi connectivity index (χ1v) is 12.0. The lowest BCUT2D eigenvalue weighted by Crippen LogP contribution is -2.26. The van der Waals surface area contributed by atoms with Gasteiger partial charge in [0.15, 0.2) is 0 Å². The standard InChI is InChI=1S/C26H35NO3S/c1-8-30-24(29)21-19-14-13-18(26(5,6)7)15-20(19)31-23(21)27-22(28)16-9-11-17(12-10-16)25(2,3)4/h9-12,18H,8,13-15H2,1-7H3,(H,27,28). The highest BCUT2D eigenvalue weighted by Gasteiger charge is 2.34. The zero-order valence-electron chi connectivity index (χ0n) is 19.8. The highest BCUT2D eigenvalue weighted by molar-refractivity contribution is 7.17. The maximum Gasteiger partial charge on any atom is 0.341 e. The average Bonchev–Trinajstić information content (AvgIpc) is 3.04. The maximum atomic E-state index is 13.0. The smallest absolute Gasteiger partial charge is 0.341 e. The van der Waals surface area contributed by atoms with Gasteiger partial charge in [-0.2, -0.15) is 0 Å². The van der Waals surface area contributed by atoms with E-state index in [0.29, 0.717) is 28.7 Å². The molecular formula is C26H35NO3S. The van der Waals surface area contributed by atoms with Crippen LogP contribution in [-0.2, 0) is 23.0 Å². The molecule has 3 rings (SSSR count). The van der Waals surface area contributed by atoms with E-state index >= 15 is 0 Å². The molecule has 0 aliphatic heterocycles. The molecule has 0 bridgehead atoms. The van der Waals surface area contributed by atoms with Crippen molar-refractivity contribution in [2.24, 2.45) is 11.3 Å². The molecule has 2 aromatic rings. The molecule has 1 aliphatic carbocycles. The van der Waals surface area contributed by atoms with Crippen molar-refractivity contribution in [2.45, 2.75) is 73.1 Å². The molecule has 0 saturated heterocycles. The number of hydrogen-bond acceptors (Lipinski definition) is 4. The van der Waals surface area contributed by atoms with E-state index in [1.54, 1.807) is 6.92 Å². The Hall–Kier alpha value is -2.14. The summed E-state index contributed by atoms with van der Waals surface area (Å²) in [5.74, 6) is 0.0201. The molecule has 1 N–H and O–H groups in total. The molecule has 5 heteroatoms. The molecule has 1 aromatic carbocycles. The van der Waals surface area contributed by atoms with E-state index in [0.717, 1.165) is 24.8 Å². The van der Waals surface area contributed by atoms with Crippen LogP contribution >= 0.6 is 11.3 Å². The summed E-state index contributed by atoms with van der Waals surface area (Å²) < 4.78 is 5.34. The number of fused-ring (bicyclic) bond motifs is 1. The van der Waals surface area contributed by atoms with Crippen molar-refractivity contribution in [2.75, 3.05) is 11.9 Å². The van der Waals surface area contributed by atoms with Crippen LogP contribution in [0.4, 0.5) is 5.00 Å². The predicted octanol–water partition coefficient (Wildman–Crippen LogP) is 6.63. The van der Waals surface area contributed by atoms with E-state index in [1.807, 2.05) is 24.3 Å². The van der Waals surface area contributed by atoms with Crippen LogP contribution in [0.15, 0.2) is 24.3 Å². The van der Waals surface area contributed by atoms with Crippen LogP contribution in [0, 0.1) is 11.3 Å². The molecule has 0 radical (unpaired) electrons. The molecule has 0 fully saturated rings. The van der Waals surface area contributed by atoms with Crippen molar-refractivity contribution in [1.82, 2.24) is 0 Å². The maximum absolute atomic E-state index is 13.0. The fourth-order valence-corrected chi connectivity index (χ4v) is 5.44. The molecule has 1 heterocycles. The van der Waals surface area contributed by atoms with Crippen molar-refractivity contribution in [3.63, 3.8) is 0 Å². The fraction of sp³-hybridized carbons (Fsp3) is 0.538. The first kappa shape index (κ1) is 23.5.